The largest absolute Gasteiger partial charge is 0.423 e. The lowest BCUT2D eigenvalue weighted by Gasteiger charge is -2.34. The molecular weight excluding hydrogens is 412 g/mol. The summed E-state index contributed by atoms with van der Waals surface area (Å²) >= 11 is 5.99. The molecule has 2 aromatic rings. The first-order valence-electron chi connectivity index (χ1n) is 11.6. The molecular formula is C24H33ClN4O2. The highest BCUT2D eigenvalue weighted by molar-refractivity contribution is 6.30. The molecule has 2 aliphatic rings. The van der Waals surface area contributed by atoms with E-state index >= 15 is 0 Å². The van der Waals surface area contributed by atoms with E-state index in [4.69, 9.17) is 16.0 Å². The minimum atomic E-state index is -0.0637. The summed E-state index contributed by atoms with van der Waals surface area (Å²) in [4.78, 5) is 17.2. The lowest BCUT2D eigenvalue weighted by atomic mass is 9.96. The second-order valence-corrected chi connectivity index (χ2v) is 9.79. The van der Waals surface area contributed by atoms with Crippen molar-refractivity contribution < 1.29 is 9.21 Å². The van der Waals surface area contributed by atoms with Crippen LogP contribution in [0.3, 0.4) is 0 Å². The number of likely N-dealkylation sites (tertiary alicyclic amines) is 2. The maximum absolute atomic E-state index is 12.7. The van der Waals surface area contributed by atoms with E-state index in [0.717, 1.165) is 69.2 Å². The Hall–Kier alpha value is -1.92. The topological polar surface area (TPSA) is 62.5 Å². The lowest BCUT2D eigenvalue weighted by Crippen LogP contribution is -2.39. The van der Waals surface area contributed by atoms with E-state index in [2.05, 4.69) is 41.1 Å². The van der Waals surface area contributed by atoms with Crippen LogP contribution in [0.2, 0.25) is 5.02 Å². The van der Waals surface area contributed by atoms with Crippen LogP contribution in [0.15, 0.2) is 28.7 Å². The summed E-state index contributed by atoms with van der Waals surface area (Å²) in [6.45, 7) is 7.91. The van der Waals surface area contributed by atoms with Gasteiger partial charge in [0.25, 0.3) is 0 Å². The van der Waals surface area contributed by atoms with Crippen molar-refractivity contribution in [3.8, 4) is 0 Å². The van der Waals surface area contributed by atoms with Gasteiger partial charge < -0.3 is 9.32 Å². The zero-order valence-corrected chi connectivity index (χ0v) is 19.4. The highest BCUT2D eigenvalue weighted by atomic mass is 35.5. The third-order valence-corrected chi connectivity index (χ3v) is 6.66. The summed E-state index contributed by atoms with van der Waals surface area (Å²) in [6, 6.07) is 8.02. The molecule has 0 unspecified atom stereocenters. The molecule has 7 heteroatoms. The van der Waals surface area contributed by atoms with E-state index < -0.39 is 0 Å². The number of hydrogen-bond acceptors (Lipinski definition) is 5. The fourth-order valence-electron chi connectivity index (χ4n) is 4.69. The van der Waals surface area contributed by atoms with Gasteiger partial charge in [0.05, 0.1) is 0 Å². The van der Waals surface area contributed by atoms with Crippen molar-refractivity contribution in [2.75, 3.05) is 19.6 Å². The van der Waals surface area contributed by atoms with Crippen LogP contribution < -0.4 is 0 Å². The summed E-state index contributed by atoms with van der Waals surface area (Å²) < 4.78 is 6.17. The van der Waals surface area contributed by atoms with Gasteiger partial charge in [-0.1, -0.05) is 37.6 Å². The Morgan fingerprint density at radius 2 is 1.77 bits per heavy atom. The van der Waals surface area contributed by atoms with Gasteiger partial charge in [0.15, 0.2) is 0 Å². The Balaban J connectivity index is 1.35. The van der Waals surface area contributed by atoms with Crippen molar-refractivity contribution in [1.82, 2.24) is 20.0 Å². The first kappa shape index (κ1) is 22.3. The zero-order chi connectivity index (χ0) is 21.8. The fourth-order valence-corrected chi connectivity index (χ4v) is 4.81. The van der Waals surface area contributed by atoms with Crippen LogP contribution >= 0.6 is 11.6 Å². The molecule has 6 nitrogen and oxygen atoms in total. The third kappa shape index (κ3) is 5.66. The van der Waals surface area contributed by atoms with Gasteiger partial charge in [-0.2, -0.15) is 0 Å². The third-order valence-electron chi connectivity index (χ3n) is 6.40. The van der Waals surface area contributed by atoms with Gasteiger partial charge in [0.2, 0.25) is 17.7 Å². The average molecular weight is 445 g/mol. The summed E-state index contributed by atoms with van der Waals surface area (Å²) in [5.41, 5.74) is 1.28. The molecule has 2 aliphatic heterocycles. The highest BCUT2D eigenvalue weighted by Gasteiger charge is 2.33. The van der Waals surface area contributed by atoms with Crippen LogP contribution in [0.25, 0.3) is 0 Å². The SMILES string of the molecule is CC(C)CC(=O)N1CCCC[C@@H]1c1nnc(C2CCN(Cc3ccc(Cl)cc3)CC2)o1. The number of carbonyl (C=O) groups is 1. The maximum atomic E-state index is 12.7. The van der Waals surface area contributed by atoms with Crippen molar-refractivity contribution in [2.24, 2.45) is 5.92 Å². The number of halogens is 1. The van der Waals surface area contributed by atoms with Crippen molar-refractivity contribution in [3.05, 3.63) is 46.6 Å². The Labute approximate surface area is 190 Å². The Bertz CT molecular complexity index is 859. The van der Waals surface area contributed by atoms with Crippen molar-refractivity contribution >= 4 is 17.5 Å². The molecule has 2 fully saturated rings. The van der Waals surface area contributed by atoms with Gasteiger partial charge in [0.1, 0.15) is 6.04 Å². The first-order valence-corrected chi connectivity index (χ1v) is 12.0. The lowest BCUT2D eigenvalue weighted by molar-refractivity contribution is -0.136. The molecule has 0 aliphatic carbocycles. The zero-order valence-electron chi connectivity index (χ0n) is 18.6. The number of rotatable bonds is 6. The number of amides is 1. The molecule has 1 aromatic heterocycles. The second kappa shape index (κ2) is 10.1. The van der Waals surface area contributed by atoms with E-state index in [1.807, 2.05) is 17.0 Å². The van der Waals surface area contributed by atoms with Gasteiger partial charge in [-0.25, -0.2) is 0 Å². The van der Waals surface area contributed by atoms with Crippen LogP contribution in [0.4, 0.5) is 0 Å². The van der Waals surface area contributed by atoms with Crippen LogP contribution in [0, 0.1) is 5.92 Å². The molecule has 2 saturated heterocycles. The minimum absolute atomic E-state index is 0.0637. The maximum Gasteiger partial charge on any atom is 0.238 e. The number of piperidine rings is 2. The minimum Gasteiger partial charge on any atom is -0.423 e. The molecule has 0 bridgehead atoms. The molecule has 31 heavy (non-hydrogen) atoms. The van der Waals surface area contributed by atoms with E-state index in [1.54, 1.807) is 0 Å². The van der Waals surface area contributed by atoms with Gasteiger partial charge in [0, 0.05) is 30.5 Å². The predicted octanol–water partition coefficient (Wildman–Crippen LogP) is 5.20. The molecule has 1 atom stereocenters. The van der Waals surface area contributed by atoms with Crippen molar-refractivity contribution in [3.63, 3.8) is 0 Å². The summed E-state index contributed by atoms with van der Waals surface area (Å²) in [5, 5.41) is 9.56. The van der Waals surface area contributed by atoms with Gasteiger partial charge >= 0.3 is 0 Å². The summed E-state index contributed by atoms with van der Waals surface area (Å²) in [6.07, 6.45) is 5.64. The van der Waals surface area contributed by atoms with E-state index in [9.17, 15) is 4.79 Å². The number of nitrogens with zero attached hydrogens (tertiary/aromatic N) is 4. The Morgan fingerprint density at radius 3 is 2.48 bits per heavy atom. The van der Waals surface area contributed by atoms with Crippen LogP contribution in [0.5, 0.6) is 0 Å². The van der Waals surface area contributed by atoms with Gasteiger partial charge in [-0.05, 0) is 68.8 Å². The number of carbonyl (C=O) groups excluding carboxylic acids is 1. The quantitative estimate of drug-likeness (QED) is 0.612. The van der Waals surface area contributed by atoms with Crippen molar-refractivity contribution in [2.45, 2.75) is 70.9 Å². The molecule has 4 rings (SSSR count). The van der Waals surface area contributed by atoms with Crippen LogP contribution in [-0.4, -0.2) is 45.5 Å². The van der Waals surface area contributed by atoms with Crippen molar-refractivity contribution in [1.29, 1.82) is 0 Å². The second-order valence-electron chi connectivity index (χ2n) is 9.35. The van der Waals surface area contributed by atoms with E-state index in [0.29, 0.717) is 24.1 Å². The van der Waals surface area contributed by atoms with Gasteiger partial charge in [-0.15, -0.1) is 10.2 Å². The van der Waals surface area contributed by atoms with Gasteiger partial charge in [-0.3, -0.25) is 9.69 Å². The first-order chi connectivity index (χ1) is 15.0. The van der Waals surface area contributed by atoms with E-state index in [1.165, 1.54) is 5.56 Å². The highest BCUT2D eigenvalue weighted by Crippen LogP contribution is 2.34. The monoisotopic (exact) mass is 444 g/mol. The number of aromatic nitrogens is 2. The molecule has 1 amide bonds. The van der Waals surface area contributed by atoms with Crippen LogP contribution in [-0.2, 0) is 11.3 Å². The predicted molar refractivity (Wildman–Crippen MR) is 121 cm³/mol. The van der Waals surface area contributed by atoms with E-state index in [-0.39, 0.29) is 11.9 Å². The normalized spacial score (nSPS) is 21.0. The Morgan fingerprint density at radius 1 is 1.06 bits per heavy atom. The molecule has 0 saturated carbocycles. The fraction of sp³-hybridized carbons (Fsp3) is 0.625. The molecule has 0 radical (unpaired) electrons. The number of hydrogen-bond donors (Lipinski definition) is 0. The molecule has 168 valence electrons. The average Bonchev–Trinajstić information content (AvgIpc) is 3.25. The smallest absolute Gasteiger partial charge is 0.238 e. The number of benzene rings is 1. The van der Waals surface area contributed by atoms with Crippen LogP contribution in [0.1, 0.15) is 81.7 Å². The molecule has 3 heterocycles. The summed E-state index contributed by atoms with van der Waals surface area (Å²) in [5.74, 6) is 2.21. The summed E-state index contributed by atoms with van der Waals surface area (Å²) in [7, 11) is 0. The molecule has 0 N–H and O–H groups in total. The molecule has 0 spiro atoms. The Kier molecular flexibility index (Phi) is 7.28. The standard InChI is InChI=1S/C24H33ClN4O2/c1-17(2)15-22(30)29-12-4-3-5-21(29)24-27-26-23(31-24)19-10-13-28(14-11-19)16-18-6-8-20(25)9-7-18/h6-9,17,19,21H,3-5,10-16H2,1-2H3/t21-/m1/s1. The molecule has 1 aromatic carbocycles.